The fourth-order valence-electron chi connectivity index (χ4n) is 8.36. The Bertz CT molecular complexity index is 2210. The van der Waals surface area contributed by atoms with E-state index in [9.17, 15) is 0 Å². The van der Waals surface area contributed by atoms with Crippen molar-refractivity contribution in [3.8, 4) is 44.5 Å². The number of rotatable bonds is 4. The third-order valence-corrected chi connectivity index (χ3v) is 9.97. The third-order valence-electron chi connectivity index (χ3n) is 9.97. The summed E-state index contributed by atoms with van der Waals surface area (Å²) in [6.45, 7) is 0. The van der Waals surface area contributed by atoms with E-state index in [1.165, 1.54) is 66.8 Å². The number of hydrogen-bond acceptors (Lipinski definition) is 1. The average molecular weight is 558 g/mol. The van der Waals surface area contributed by atoms with Crippen molar-refractivity contribution in [3.63, 3.8) is 0 Å². The molecule has 10 rings (SSSR count). The second-order valence-corrected chi connectivity index (χ2v) is 12.1. The van der Waals surface area contributed by atoms with Gasteiger partial charge in [-0.25, -0.2) is 0 Å². The quantitative estimate of drug-likeness (QED) is 0.208. The van der Waals surface area contributed by atoms with E-state index in [4.69, 9.17) is 0 Å². The average Bonchev–Trinajstić information content (AvgIpc) is 3.69. The van der Waals surface area contributed by atoms with E-state index in [-0.39, 0.29) is 5.41 Å². The van der Waals surface area contributed by atoms with Gasteiger partial charge in [0.25, 0.3) is 0 Å². The summed E-state index contributed by atoms with van der Waals surface area (Å²) >= 11 is 0. The minimum absolute atomic E-state index is 0.266. The molecule has 0 N–H and O–H groups in total. The van der Waals surface area contributed by atoms with E-state index in [0.717, 1.165) is 17.1 Å². The number of benzene rings is 7. The zero-order valence-corrected chi connectivity index (χ0v) is 24.0. The van der Waals surface area contributed by atoms with Crippen LogP contribution < -0.4 is 4.90 Å². The first-order valence-corrected chi connectivity index (χ1v) is 15.4. The molecule has 1 heteroatoms. The second kappa shape index (κ2) is 8.69. The molecule has 1 nitrogen and oxygen atoms in total. The van der Waals surface area contributed by atoms with Crippen molar-refractivity contribution in [1.29, 1.82) is 0 Å². The smallest absolute Gasteiger partial charge is 0.0737 e. The van der Waals surface area contributed by atoms with Crippen molar-refractivity contribution in [2.75, 3.05) is 4.90 Å². The minimum atomic E-state index is -0.266. The summed E-state index contributed by atoms with van der Waals surface area (Å²) in [5.74, 6) is 0. The summed E-state index contributed by atoms with van der Waals surface area (Å²) in [5.41, 5.74) is 19.6. The van der Waals surface area contributed by atoms with Gasteiger partial charge in [-0.2, -0.15) is 0 Å². The van der Waals surface area contributed by atoms with Gasteiger partial charge < -0.3 is 4.90 Å². The van der Waals surface area contributed by atoms with E-state index in [1.807, 2.05) is 0 Å². The van der Waals surface area contributed by atoms with Gasteiger partial charge in [0, 0.05) is 17.1 Å². The van der Waals surface area contributed by atoms with Gasteiger partial charge >= 0.3 is 0 Å². The summed E-state index contributed by atoms with van der Waals surface area (Å²) in [4.78, 5) is 2.34. The van der Waals surface area contributed by atoms with Gasteiger partial charge in [0.1, 0.15) is 0 Å². The minimum Gasteiger partial charge on any atom is -0.310 e. The number of hydrogen-bond donors (Lipinski definition) is 0. The molecule has 3 aliphatic carbocycles. The Morgan fingerprint density at radius 2 is 0.795 bits per heavy atom. The molecule has 44 heavy (non-hydrogen) atoms. The summed E-state index contributed by atoms with van der Waals surface area (Å²) in [6, 6.07) is 60.3. The Labute approximate surface area is 257 Å². The normalized spacial score (nSPS) is 15.8. The van der Waals surface area contributed by atoms with Crippen LogP contribution in [0.1, 0.15) is 22.3 Å². The largest absolute Gasteiger partial charge is 0.310 e. The van der Waals surface area contributed by atoms with E-state index in [0.29, 0.717) is 0 Å². The van der Waals surface area contributed by atoms with Crippen molar-refractivity contribution >= 4 is 17.1 Å². The molecule has 0 aromatic heterocycles. The predicted molar refractivity (Wildman–Crippen MR) is 182 cm³/mol. The van der Waals surface area contributed by atoms with Gasteiger partial charge in [-0.3, -0.25) is 0 Å². The summed E-state index contributed by atoms with van der Waals surface area (Å²) in [5, 5.41) is 0. The Balaban J connectivity index is 1.19. The summed E-state index contributed by atoms with van der Waals surface area (Å²) < 4.78 is 0. The van der Waals surface area contributed by atoms with E-state index in [1.54, 1.807) is 0 Å². The lowest BCUT2D eigenvalue weighted by atomic mass is 9.73. The molecule has 0 saturated carbocycles. The molecule has 0 radical (unpaired) electrons. The van der Waals surface area contributed by atoms with Crippen molar-refractivity contribution in [2.45, 2.75) is 5.41 Å². The van der Waals surface area contributed by atoms with Gasteiger partial charge in [0.15, 0.2) is 0 Å². The number of fused-ring (bicyclic) bond motifs is 5. The first-order valence-electron chi connectivity index (χ1n) is 15.4. The molecule has 3 aliphatic rings. The molecule has 0 aliphatic heterocycles. The van der Waals surface area contributed by atoms with Crippen LogP contribution in [0.3, 0.4) is 0 Å². The summed E-state index contributed by atoms with van der Waals surface area (Å²) in [6.07, 6.45) is 0. The van der Waals surface area contributed by atoms with E-state index >= 15 is 0 Å². The van der Waals surface area contributed by atoms with Crippen LogP contribution in [-0.2, 0) is 5.41 Å². The highest BCUT2D eigenvalue weighted by molar-refractivity contribution is 6.06. The second-order valence-electron chi connectivity index (χ2n) is 12.1. The summed E-state index contributed by atoms with van der Waals surface area (Å²) in [7, 11) is 0. The van der Waals surface area contributed by atoms with Crippen LogP contribution in [0.4, 0.5) is 17.1 Å². The highest BCUT2D eigenvalue weighted by atomic mass is 15.1. The van der Waals surface area contributed by atoms with Crippen molar-refractivity contribution < 1.29 is 0 Å². The maximum Gasteiger partial charge on any atom is 0.0737 e. The van der Waals surface area contributed by atoms with Gasteiger partial charge in [-0.05, 0) is 109 Å². The first kappa shape index (κ1) is 23.9. The topological polar surface area (TPSA) is 3.24 Å². The number of para-hydroxylation sites is 2. The third kappa shape index (κ3) is 2.94. The fraction of sp³-hybridized carbons (Fsp3) is 0.0233. The first-order chi connectivity index (χ1) is 21.8. The Morgan fingerprint density at radius 3 is 1.45 bits per heavy atom. The Kier molecular flexibility index (Phi) is 4.71. The van der Waals surface area contributed by atoms with Crippen molar-refractivity contribution in [2.24, 2.45) is 0 Å². The van der Waals surface area contributed by atoms with Crippen LogP contribution in [0, 0.1) is 0 Å². The highest BCUT2D eigenvalue weighted by Gasteiger charge is 2.57. The highest BCUT2D eigenvalue weighted by Crippen LogP contribution is 2.69. The standard InChI is InChI=1S/C43H27N/c1-3-13-30(14-4-1)44(31-15-5-2-6-16-31)32-17-9-12-28(26-32)29-24-25-34-36-20-11-22-38-37-21-10-19-35-33-18-7-8-23-39(33)43(41(35)37,42(36)38)40(34)27-29/h1-27H. The van der Waals surface area contributed by atoms with Crippen LogP contribution in [0.5, 0.6) is 0 Å². The van der Waals surface area contributed by atoms with Crippen LogP contribution in [0.15, 0.2) is 164 Å². The fourth-order valence-corrected chi connectivity index (χ4v) is 8.36. The molecule has 0 fully saturated rings. The molecule has 0 saturated heterocycles. The van der Waals surface area contributed by atoms with Crippen LogP contribution >= 0.6 is 0 Å². The molecule has 0 bridgehead atoms. The predicted octanol–water partition coefficient (Wildman–Crippen LogP) is 11.1. The van der Waals surface area contributed by atoms with Crippen LogP contribution in [0.2, 0.25) is 0 Å². The van der Waals surface area contributed by atoms with Crippen molar-refractivity contribution in [1.82, 2.24) is 0 Å². The lowest BCUT2D eigenvalue weighted by Gasteiger charge is -2.28. The van der Waals surface area contributed by atoms with E-state index in [2.05, 4.69) is 169 Å². The lowest BCUT2D eigenvalue weighted by molar-refractivity contribution is 0.818. The van der Waals surface area contributed by atoms with Crippen LogP contribution in [0.25, 0.3) is 44.5 Å². The monoisotopic (exact) mass is 557 g/mol. The Morgan fingerprint density at radius 1 is 0.318 bits per heavy atom. The SMILES string of the molecule is c1ccc(N(c2ccccc2)c2cccc(-c3ccc4c(c3)C35c6ccccc6-c6cccc(c63)-c3cccc-4c35)c2)cc1. The molecule has 7 aromatic carbocycles. The van der Waals surface area contributed by atoms with Gasteiger partial charge in [-0.15, -0.1) is 0 Å². The maximum absolute atomic E-state index is 2.49. The zero-order valence-electron chi connectivity index (χ0n) is 24.0. The van der Waals surface area contributed by atoms with Gasteiger partial charge in [0.2, 0.25) is 0 Å². The molecular weight excluding hydrogens is 530 g/mol. The van der Waals surface area contributed by atoms with Crippen LogP contribution in [-0.4, -0.2) is 0 Å². The number of nitrogens with zero attached hydrogens (tertiary/aromatic N) is 1. The molecule has 0 heterocycles. The molecule has 1 atom stereocenters. The molecule has 1 spiro atoms. The van der Waals surface area contributed by atoms with Crippen molar-refractivity contribution in [3.05, 3.63) is 186 Å². The molecule has 204 valence electrons. The molecule has 0 amide bonds. The number of anilines is 3. The zero-order chi connectivity index (χ0) is 28.8. The molecule has 1 unspecified atom stereocenters. The molecule has 7 aromatic rings. The van der Waals surface area contributed by atoms with Gasteiger partial charge in [-0.1, -0.05) is 121 Å². The lowest BCUT2D eigenvalue weighted by Crippen LogP contribution is -2.23. The maximum atomic E-state index is 2.49. The Hall–Kier alpha value is -5.66. The van der Waals surface area contributed by atoms with E-state index < -0.39 is 0 Å². The molecular formula is C43H27N. The van der Waals surface area contributed by atoms with Gasteiger partial charge in [0.05, 0.1) is 5.41 Å².